The summed E-state index contributed by atoms with van der Waals surface area (Å²) in [6.45, 7) is 2.05. The maximum absolute atomic E-state index is 10.1. The van der Waals surface area contributed by atoms with Crippen molar-refractivity contribution in [2.24, 2.45) is 0 Å². The molecule has 6 nitrogen and oxygen atoms in total. The molecular weight excluding hydrogens is 240 g/mol. The minimum atomic E-state index is -0.223. The van der Waals surface area contributed by atoms with Crippen molar-refractivity contribution in [3.63, 3.8) is 0 Å². The highest BCUT2D eigenvalue weighted by molar-refractivity contribution is 5.48. The maximum Gasteiger partial charge on any atom is 0.119 e. The van der Waals surface area contributed by atoms with Crippen LogP contribution in [-0.2, 0) is 19.0 Å². The number of hydrogen-bond donors (Lipinski definition) is 2. The molecule has 0 fully saturated rings. The van der Waals surface area contributed by atoms with Crippen LogP contribution in [0.15, 0.2) is 0 Å². The Morgan fingerprint density at radius 1 is 1.00 bits per heavy atom. The molecule has 0 aromatic heterocycles. The molecule has 0 rings (SSSR count). The number of aldehydes is 1. The highest BCUT2D eigenvalue weighted by Gasteiger charge is 2.06. The third-order valence-electron chi connectivity index (χ3n) is 2.24. The van der Waals surface area contributed by atoms with Gasteiger partial charge in [-0.3, -0.25) is 0 Å². The van der Waals surface area contributed by atoms with Gasteiger partial charge in [0, 0.05) is 6.42 Å². The van der Waals surface area contributed by atoms with Gasteiger partial charge in [0.1, 0.15) is 6.29 Å². The highest BCUT2D eigenvalue weighted by Crippen LogP contribution is 2.03. The van der Waals surface area contributed by atoms with E-state index in [0.29, 0.717) is 45.9 Å². The highest BCUT2D eigenvalue weighted by atomic mass is 16.5. The van der Waals surface area contributed by atoms with Gasteiger partial charge in [-0.1, -0.05) is 0 Å². The van der Waals surface area contributed by atoms with Gasteiger partial charge in [0.15, 0.2) is 0 Å². The first kappa shape index (κ1) is 17.5. The molecule has 0 bridgehead atoms. The van der Waals surface area contributed by atoms with Gasteiger partial charge >= 0.3 is 0 Å². The smallest absolute Gasteiger partial charge is 0.119 e. The fourth-order valence-electron chi connectivity index (χ4n) is 1.32. The van der Waals surface area contributed by atoms with Gasteiger partial charge in [-0.2, -0.15) is 0 Å². The molecule has 2 N–H and O–H groups in total. The van der Waals surface area contributed by atoms with Gasteiger partial charge in [0.2, 0.25) is 0 Å². The van der Waals surface area contributed by atoms with Crippen molar-refractivity contribution < 1.29 is 29.2 Å². The quantitative estimate of drug-likeness (QED) is 0.333. The monoisotopic (exact) mass is 264 g/mol. The molecule has 0 heterocycles. The molecule has 0 saturated heterocycles. The lowest BCUT2D eigenvalue weighted by Crippen LogP contribution is -2.21. The van der Waals surface area contributed by atoms with Crippen LogP contribution in [0.4, 0.5) is 0 Å². The molecule has 1 unspecified atom stereocenters. The van der Waals surface area contributed by atoms with E-state index in [1.807, 2.05) is 0 Å². The minimum Gasteiger partial charge on any atom is -0.394 e. The van der Waals surface area contributed by atoms with E-state index in [1.54, 1.807) is 0 Å². The van der Waals surface area contributed by atoms with Crippen LogP contribution >= 0.6 is 0 Å². The summed E-state index contributed by atoms with van der Waals surface area (Å²) < 4.78 is 15.6. The second-order valence-corrected chi connectivity index (χ2v) is 3.72. The Kier molecular flexibility index (Phi) is 14.1. The van der Waals surface area contributed by atoms with Crippen LogP contribution in [0.3, 0.4) is 0 Å². The van der Waals surface area contributed by atoms with Crippen molar-refractivity contribution in [3.8, 4) is 0 Å². The second-order valence-electron chi connectivity index (χ2n) is 3.72. The number of hydrogen-bond acceptors (Lipinski definition) is 6. The Balaban J connectivity index is 3.25. The third-order valence-corrected chi connectivity index (χ3v) is 2.24. The topological polar surface area (TPSA) is 85.2 Å². The third kappa shape index (κ3) is 11.9. The number of carbonyl (C=O) groups excluding carboxylic acids is 1. The Hall–Kier alpha value is -0.530. The van der Waals surface area contributed by atoms with Crippen LogP contribution in [0.2, 0.25) is 0 Å². The van der Waals surface area contributed by atoms with E-state index < -0.39 is 0 Å². The van der Waals surface area contributed by atoms with Gasteiger partial charge in [-0.25, -0.2) is 0 Å². The lowest BCUT2D eigenvalue weighted by molar-refractivity contribution is -0.108. The number of rotatable bonds is 14. The summed E-state index contributed by atoms with van der Waals surface area (Å²) in [5.74, 6) is 0. The number of aliphatic hydroxyl groups is 2. The zero-order chi connectivity index (χ0) is 13.5. The summed E-state index contributed by atoms with van der Waals surface area (Å²) >= 11 is 0. The van der Waals surface area contributed by atoms with E-state index in [2.05, 4.69) is 0 Å². The van der Waals surface area contributed by atoms with Crippen molar-refractivity contribution in [2.75, 3.05) is 46.2 Å². The molecule has 18 heavy (non-hydrogen) atoms. The van der Waals surface area contributed by atoms with Gasteiger partial charge in [0.05, 0.1) is 52.4 Å². The molecule has 6 heteroatoms. The van der Waals surface area contributed by atoms with E-state index in [4.69, 9.17) is 24.4 Å². The van der Waals surface area contributed by atoms with Crippen LogP contribution in [-0.4, -0.2) is 68.9 Å². The van der Waals surface area contributed by atoms with Crippen LogP contribution in [0.25, 0.3) is 0 Å². The molecule has 0 saturated carbocycles. The predicted octanol–water partition coefficient (Wildman–Crippen LogP) is -0.241. The molecular formula is C12H24O6. The zero-order valence-electron chi connectivity index (χ0n) is 10.8. The molecule has 0 aliphatic carbocycles. The second kappa shape index (κ2) is 14.5. The average Bonchev–Trinajstić information content (AvgIpc) is 2.40. The summed E-state index contributed by atoms with van der Waals surface area (Å²) in [5.41, 5.74) is 0. The van der Waals surface area contributed by atoms with Crippen molar-refractivity contribution in [2.45, 2.75) is 25.4 Å². The Morgan fingerprint density at radius 2 is 1.67 bits per heavy atom. The molecule has 0 amide bonds. The van der Waals surface area contributed by atoms with Gasteiger partial charge < -0.3 is 29.2 Å². The van der Waals surface area contributed by atoms with Gasteiger partial charge in [-0.05, 0) is 12.8 Å². The molecule has 1 atom stereocenters. The van der Waals surface area contributed by atoms with Crippen molar-refractivity contribution >= 4 is 6.29 Å². The molecule has 0 aromatic carbocycles. The van der Waals surface area contributed by atoms with Crippen molar-refractivity contribution in [1.29, 1.82) is 0 Å². The number of ether oxygens (including phenoxy) is 3. The normalized spacial score (nSPS) is 12.6. The zero-order valence-corrected chi connectivity index (χ0v) is 10.8. The summed E-state index contributed by atoms with van der Waals surface area (Å²) in [7, 11) is 0. The van der Waals surface area contributed by atoms with E-state index in [9.17, 15) is 4.79 Å². The molecule has 0 aliphatic rings. The summed E-state index contributed by atoms with van der Waals surface area (Å²) in [4.78, 5) is 10.1. The predicted molar refractivity (Wildman–Crippen MR) is 65.5 cm³/mol. The largest absolute Gasteiger partial charge is 0.394 e. The van der Waals surface area contributed by atoms with E-state index in [1.165, 1.54) is 0 Å². The summed E-state index contributed by atoms with van der Waals surface area (Å²) in [6.07, 6.45) is 2.54. The first-order valence-electron chi connectivity index (χ1n) is 6.27. The Morgan fingerprint density at radius 3 is 2.28 bits per heavy atom. The maximum atomic E-state index is 10.1. The average molecular weight is 264 g/mol. The number of aliphatic hydroxyl groups excluding tert-OH is 2. The van der Waals surface area contributed by atoms with Crippen LogP contribution in [0.5, 0.6) is 0 Å². The Labute approximate surface area is 108 Å². The lowest BCUT2D eigenvalue weighted by atomic mass is 10.2. The molecule has 0 aliphatic heterocycles. The minimum absolute atomic E-state index is 0.0160. The Bertz CT molecular complexity index is 176. The summed E-state index contributed by atoms with van der Waals surface area (Å²) in [5, 5.41) is 17.5. The molecule has 108 valence electrons. The van der Waals surface area contributed by atoms with Crippen LogP contribution < -0.4 is 0 Å². The lowest BCUT2D eigenvalue weighted by Gasteiger charge is -2.14. The van der Waals surface area contributed by atoms with Crippen molar-refractivity contribution in [3.05, 3.63) is 0 Å². The first-order chi connectivity index (χ1) is 8.85. The van der Waals surface area contributed by atoms with Crippen molar-refractivity contribution in [1.82, 2.24) is 0 Å². The number of carbonyl (C=O) groups is 1. The van der Waals surface area contributed by atoms with Crippen LogP contribution in [0.1, 0.15) is 19.3 Å². The summed E-state index contributed by atoms with van der Waals surface area (Å²) in [6, 6.07) is 0. The molecule has 0 radical (unpaired) electrons. The number of unbranched alkanes of at least 4 members (excludes halogenated alkanes) is 1. The van der Waals surface area contributed by atoms with Gasteiger partial charge in [0.25, 0.3) is 0 Å². The van der Waals surface area contributed by atoms with Gasteiger partial charge in [-0.15, -0.1) is 0 Å². The standard InChI is InChI=1S/C12H24O6/c13-4-2-1-3-12(11-15)18-10-9-17-8-7-16-6-5-14/h4,12,14-15H,1-3,5-11H2. The van der Waals surface area contributed by atoms with E-state index in [-0.39, 0.29) is 19.3 Å². The van der Waals surface area contributed by atoms with E-state index >= 15 is 0 Å². The van der Waals surface area contributed by atoms with Crippen LogP contribution in [0, 0.1) is 0 Å². The SMILES string of the molecule is O=CCCCC(CO)OCCOCCOCCO. The van der Waals surface area contributed by atoms with E-state index in [0.717, 1.165) is 12.7 Å². The first-order valence-corrected chi connectivity index (χ1v) is 6.27. The fourth-order valence-corrected chi connectivity index (χ4v) is 1.32. The molecule has 0 aromatic rings. The fraction of sp³-hybridized carbons (Fsp3) is 0.917. The molecule has 0 spiro atoms.